The number of carbonyl (C=O) groups excluding carboxylic acids is 1. The number of ether oxygens (including phenoxy) is 2. The predicted octanol–water partition coefficient (Wildman–Crippen LogP) is 3.34. The molecule has 0 saturated carbocycles. The Morgan fingerprint density at radius 3 is 2.74 bits per heavy atom. The Hall–Kier alpha value is -3.55. The summed E-state index contributed by atoms with van der Waals surface area (Å²) in [6.45, 7) is 0.989. The highest BCUT2D eigenvalue weighted by atomic mass is 16.5. The lowest BCUT2D eigenvalue weighted by atomic mass is 10.1. The van der Waals surface area contributed by atoms with E-state index in [-0.39, 0.29) is 11.8 Å². The highest BCUT2D eigenvalue weighted by molar-refractivity contribution is 5.79. The maximum Gasteiger partial charge on any atom is 0.258 e. The summed E-state index contributed by atoms with van der Waals surface area (Å²) in [4.78, 5) is 21.0. The number of aromatic nitrogens is 2. The van der Waals surface area contributed by atoms with Gasteiger partial charge in [0, 0.05) is 62.4 Å². The first-order valence-corrected chi connectivity index (χ1v) is 10.1. The zero-order valence-corrected chi connectivity index (χ0v) is 18.2. The Labute approximate surface area is 181 Å². The molecule has 3 aromatic rings. The molecule has 0 spiro atoms. The molecule has 1 aromatic heterocycles. The molecule has 1 unspecified atom stereocenters. The third-order valence-electron chi connectivity index (χ3n) is 5.49. The molecule has 0 radical (unpaired) electrons. The highest BCUT2D eigenvalue weighted by Crippen LogP contribution is 2.32. The van der Waals surface area contributed by atoms with Crippen molar-refractivity contribution in [1.29, 1.82) is 0 Å². The van der Waals surface area contributed by atoms with E-state index >= 15 is 0 Å². The summed E-state index contributed by atoms with van der Waals surface area (Å²) in [5.74, 6) is 2.38. The molecular weight excluding hydrogens is 396 g/mol. The van der Waals surface area contributed by atoms with Crippen LogP contribution in [0.5, 0.6) is 11.5 Å². The summed E-state index contributed by atoms with van der Waals surface area (Å²) in [6.07, 6.45) is 0.356. The van der Waals surface area contributed by atoms with E-state index < -0.39 is 0 Å². The van der Waals surface area contributed by atoms with Crippen LogP contribution in [0.15, 0.2) is 47.0 Å². The van der Waals surface area contributed by atoms with Crippen LogP contribution in [0.2, 0.25) is 0 Å². The fourth-order valence-electron chi connectivity index (χ4n) is 3.72. The van der Waals surface area contributed by atoms with Gasteiger partial charge in [-0.3, -0.25) is 4.79 Å². The van der Waals surface area contributed by atoms with Crippen molar-refractivity contribution in [2.45, 2.75) is 18.9 Å². The topological polar surface area (TPSA) is 80.9 Å². The maximum atomic E-state index is 12.7. The Balaban J connectivity index is 1.49. The van der Waals surface area contributed by atoms with E-state index in [9.17, 15) is 4.79 Å². The molecule has 8 nitrogen and oxygen atoms in total. The van der Waals surface area contributed by atoms with E-state index in [4.69, 9.17) is 14.0 Å². The Kier molecular flexibility index (Phi) is 5.79. The third-order valence-corrected chi connectivity index (χ3v) is 5.49. The van der Waals surface area contributed by atoms with E-state index in [0.29, 0.717) is 42.7 Å². The standard InChI is InChI=1S/C23H26N4O4/c1-26(2)18-7-5-6-15(10-18)23-24-22(25-31-23)17-11-21(28)27(14-17)13-16-8-9-19(29-3)12-20(16)30-4/h5-10,12,17H,11,13-14H2,1-4H3. The largest absolute Gasteiger partial charge is 0.497 e. The minimum absolute atomic E-state index is 0.0591. The van der Waals surface area contributed by atoms with Gasteiger partial charge < -0.3 is 23.8 Å². The highest BCUT2D eigenvalue weighted by Gasteiger charge is 2.34. The average Bonchev–Trinajstić information content (AvgIpc) is 3.41. The molecule has 31 heavy (non-hydrogen) atoms. The average molecular weight is 422 g/mol. The van der Waals surface area contributed by atoms with Crippen molar-refractivity contribution in [2.24, 2.45) is 0 Å². The van der Waals surface area contributed by atoms with Gasteiger partial charge in [-0.2, -0.15) is 4.98 Å². The van der Waals surface area contributed by atoms with Crippen LogP contribution in [0.25, 0.3) is 11.5 Å². The second-order valence-corrected chi connectivity index (χ2v) is 7.76. The molecule has 0 N–H and O–H groups in total. The molecule has 1 aliphatic heterocycles. The van der Waals surface area contributed by atoms with Gasteiger partial charge in [-0.15, -0.1) is 0 Å². The molecule has 8 heteroatoms. The number of rotatable bonds is 7. The number of likely N-dealkylation sites (tertiary alicyclic amines) is 1. The van der Waals surface area contributed by atoms with Gasteiger partial charge in [0.05, 0.1) is 14.2 Å². The van der Waals surface area contributed by atoms with Gasteiger partial charge in [0.15, 0.2) is 5.82 Å². The summed E-state index contributed by atoms with van der Waals surface area (Å²) in [5.41, 5.74) is 2.83. The van der Waals surface area contributed by atoms with Crippen LogP contribution in [-0.2, 0) is 11.3 Å². The maximum absolute atomic E-state index is 12.7. The van der Waals surface area contributed by atoms with Gasteiger partial charge >= 0.3 is 0 Å². The third kappa shape index (κ3) is 4.33. The minimum atomic E-state index is -0.105. The van der Waals surface area contributed by atoms with Crippen molar-refractivity contribution >= 4 is 11.6 Å². The molecule has 2 aromatic carbocycles. The number of nitrogens with zero attached hydrogens (tertiary/aromatic N) is 4. The molecule has 1 saturated heterocycles. The Morgan fingerprint density at radius 2 is 2.00 bits per heavy atom. The zero-order valence-electron chi connectivity index (χ0n) is 18.2. The summed E-state index contributed by atoms with van der Waals surface area (Å²) in [7, 11) is 7.18. The first-order chi connectivity index (χ1) is 15.0. The quantitative estimate of drug-likeness (QED) is 0.578. The lowest BCUT2D eigenvalue weighted by molar-refractivity contribution is -0.128. The van der Waals surface area contributed by atoms with Gasteiger partial charge in [-0.05, 0) is 30.3 Å². The molecule has 0 bridgehead atoms. The molecule has 1 amide bonds. The molecule has 1 atom stereocenters. The summed E-state index contributed by atoms with van der Waals surface area (Å²) >= 11 is 0. The van der Waals surface area contributed by atoms with Crippen LogP contribution in [0.3, 0.4) is 0 Å². The van der Waals surface area contributed by atoms with E-state index in [2.05, 4.69) is 10.1 Å². The van der Waals surface area contributed by atoms with Crippen molar-refractivity contribution in [1.82, 2.24) is 15.0 Å². The van der Waals surface area contributed by atoms with Crippen molar-refractivity contribution < 1.29 is 18.8 Å². The molecule has 1 fully saturated rings. The van der Waals surface area contributed by atoms with Crippen LogP contribution in [0.4, 0.5) is 5.69 Å². The number of hydrogen-bond acceptors (Lipinski definition) is 7. The molecule has 4 rings (SSSR count). The van der Waals surface area contributed by atoms with Crippen LogP contribution in [0.1, 0.15) is 23.7 Å². The van der Waals surface area contributed by atoms with Gasteiger partial charge in [0.1, 0.15) is 11.5 Å². The van der Waals surface area contributed by atoms with Gasteiger partial charge in [0.25, 0.3) is 5.89 Å². The summed E-state index contributed by atoms with van der Waals surface area (Å²) in [6, 6.07) is 13.5. The monoisotopic (exact) mass is 422 g/mol. The smallest absolute Gasteiger partial charge is 0.258 e. The van der Waals surface area contributed by atoms with Crippen LogP contribution < -0.4 is 14.4 Å². The second kappa shape index (κ2) is 8.67. The number of benzene rings is 2. The normalized spacial score (nSPS) is 15.9. The van der Waals surface area contributed by atoms with Crippen molar-refractivity contribution in [2.75, 3.05) is 39.8 Å². The van der Waals surface area contributed by atoms with E-state index in [1.807, 2.05) is 61.5 Å². The predicted molar refractivity (Wildman–Crippen MR) is 116 cm³/mol. The molecule has 1 aliphatic rings. The first kappa shape index (κ1) is 20.7. The Morgan fingerprint density at radius 1 is 1.16 bits per heavy atom. The van der Waals surface area contributed by atoms with E-state index in [0.717, 1.165) is 16.8 Å². The zero-order chi connectivity index (χ0) is 22.0. The van der Waals surface area contributed by atoms with E-state index in [1.165, 1.54) is 0 Å². The number of hydrogen-bond donors (Lipinski definition) is 0. The Bertz CT molecular complexity index is 1080. The fourth-order valence-corrected chi connectivity index (χ4v) is 3.72. The van der Waals surface area contributed by atoms with Gasteiger partial charge in [-0.1, -0.05) is 11.2 Å². The number of amides is 1. The first-order valence-electron chi connectivity index (χ1n) is 10.1. The lowest BCUT2D eigenvalue weighted by Crippen LogP contribution is -2.24. The molecule has 0 aliphatic carbocycles. The number of anilines is 1. The molecule has 2 heterocycles. The SMILES string of the molecule is COc1ccc(CN2CC(c3noc(-c4cccc(N(C)C)c4)n3)CC2=O)c(OC)c1. The van der Waals surface area contributed by atoms with Crippen LogP contribution in [0, 0.1) is 0 Å². The molecular formula is C23H26N4O4. The van der Waals surface area contributed by atoms with Crippen LogP contribution in [-0.4, -0.2) is 55.8 Å². The number of carbonyl (C=O) groups is 1. The van der Waals surface area contributed by atoms with Gasteiger partial charge in [-0.25, -0.2) is 0 Å². The van der Waals surface area contributed by atoms with Crippen molar-refractivity contribution in [3.05, 3.63) is 53.9 Å². The summed E-state index contributed by atoms with van der Waals surface area (Å²) < 4.78 is 16.2. The van der Waals surface area contributed by atoms with Crippen LogP contribution >= 0.6 is 0 Å². The summed E-state index contributed by atoms with van der Waals surface area (Å²) in [5, 5.41) is 4.16. The van der Waals surface area contributed by atoms with Crippen molar-refractivity contribution in [3.63, 3.8) is 0 Å². The number of methoxy groups -OCH3 is 2. The van der Waals surface area contributed by atoms with Crippen molar-refractivity contribution in [3.8, 4) is 23.0 Å². The second-order valence-electron chi connectivity index (χ2n) is 7.76. The molecule has 162 valence electrons. The van der Waals surface area contributed by atoms with E-state index in [1.54, 1.807) is 19.1 Å². The van der Waals surface area contributed by atoms with Gasteiger partial charge in [0.2, 0.25) is 5.91 Å². The fraction of sp³-hybridized carbons (Fsp3) is 0.348. The minimum Gasteiger partial charge on any atom is -0.497 e. The lowest BCUT2D eigenvalue weighted by Gasteiger charge is -2.18.